The summed E-state index contributed by atoms with van der Waals surface area (Å²) in [6, 6.07) is 9.70. The minimum atomic E-state index is -0.532. The summed E-state index contributed by atoms with van der Waals surface area (Å²) in [5.74, 6) is -0.565. The molecule has 5 heterocycles. The van der Waals surface area contributed by atoms with Crippen LogP contribution in [-0.2, 0) is 4.79 Å². The lowest BCUT2D eigenvalue weighted by Gasteiger charge is -2.07. The summed E-state index contributed by atoms with van der Waals surface area (Å²) in [7, 11) is 0. The number of hydrogen-bond acceptors (Lipinski definition) is 6. The van der Waals surface area contributed by atoms with E-state index in [2.05, 4.69) is 35.5 Å². The zero-order valence-corrected chi connectivity index (χ0v) is 19.9. The molecule has 38 heavy (non-hydrogen) atoms. The first-order valence-electron chi connectivity index (χ1n) is 12.1. The second-order valence-corrected chi connectivity index (χ2v) is 9.45. The maximum Gasteiger partial charge on any atom is 0.227 e. The Labute approximate surface area is 214 Å². The number of nitrogens with one attached hydrogen (secondary N) is 3. The lowest BCUT2D eigenvalue weighted by Crippen LogP contribution is -2.13. The number of phenolic OH excluding ortho intramolecular Hbond substituents is 1. The molecule has 1 aliphatic rings. The molecule has 1 fully saturated rings. The number of aromatic nitrogens is 6. The van der Waals surface area contributed by atoms with Crippen LogP contribution in [0.4, 0.5) is 10.1 Å². The van der Waals surface area contributed by atoms with Crippen molar-refractivity contribution < 1.29 is 14.3 Å². The average molecular weight is 506 g/mol. The third-order valence-electron chi connectivity index (χ3n) is 6.70. The van der Waals surface area contributed by atoms with E-state index in [4.69, 9.17) is 0 Å². The highest BCUT2D eigenvalue weighted by Crippen LogP contribution is 2.36. The number of halogens is 1. The first-order valence-corrected chi connectivity index (χ1v) is 12.1. The number of aromatic hydroxyl groups is 1. The van der Waals surface area contributed by atoms with Crippen LogP contribution in [0.5, 0.6) is 5.75 Å². The highest BCUT2D eigenvalue weighted by atomic mass is 19.1. The quantitative estimate of drug-likeness (QED) is 0.247. The molecule has 0 aliphatic heterocycles. The van der Waals surface area contributed by atoms with Crippen molar-refractivity contribution in [3.8, 4) is 39.4 Å². The highest BCUT2D eigenvalue weighted by Gasteiger charge is 2.29. The summed E-state index contributed by atoms with van der Waals surface area (Å²) in [4.78, 5) is 28.7. The van der Waals surface area contributed by atoms with Crippen LogP contribution in [0, 0.1) is 11.7 Å². The van der Waals surface area contributed by atoms with Gasteiger partial charge in [0.25, 0.3) is 0 Å². The molecule has 10 heteroatoms. The summed E-state index contributed by atoms with van der Waals surface area (Å²) in [5.41, 5.74) is 6.21. The number of hydrogen-bond donors (Lipinski definition) is 4. The summed E-state index contributed by atoms with van der Waals surface area (Å²) in [6.07, 6.45) is 10.3. The Hall–Kier alpha value is -5.12. The molecular weight excluding hydrogens is 485 g/mol. The van der Waals surface area contributed by atoms with Gasteiger partial charge in [0.2, 0.25) is 5.91 Å². The number of phenols is 1. The van der Waals surface area contributed by atoms with Gasteiger partial charge in [-0.25, -0.2) is 9.37 Å². The van der Waals surface area contributed by atoms with E-state index in [0.29, 0.717) is 28.2 Å². The van der Waals surface area contributed by atoms with Crippen LogP contribution >= 0.6 is 0 Å². The molecular formula is C28H20FN7O2. The van der Waals surface area contributed by atoms with Crippen molar-refractivity contribution >= 4 is 33.5 Å². The van der Waals surface area contributed by atoms with Crippen molar-refractivity contribution in [3.63, 3.8) is 0 Å². The van der Waals surface area contributed by atoms with Gasteiger partial charge in [-0.15, -0.1) is 0 Å². The molecule has 5 aromatic heterocycles. The number of nitrogens with zero attached hydrogens (tertiary/aromatic N) is 4. The van der Waals surface area contributed by atoms with Crippen LogP contribution in [0.3, 0.4) is 0 Å². The van der Waals surface area contributed by atoms with Crippen LogP contribution in [0.2, 0.25) is 0 Å². The molecule has 0 saturated heterocycles. The second kappa shape index (κ2) is 8.48. The van der Waals surface area contributed by atoms with E-state index in [1.165, 1.54) is 12.1 Å². The zero-order valence-electron chi connectivity index (χ0n) is 19.9. The predicted octanol–water partition coefficient (Wildman–Crippen LogP) is 5.42. The third kappa shape index (κ3) is 3.92. The van der Waals surface area contributed by atoms with Crippen LogP contribution in [-0.4, -0.2) is 41.1 Å². The van der Waals surface area contributed by atoms with Crippen molar-refractivity contribution in [1.29, 1.82) is 0 Å². The zero-order chi connectivity index (χ0) is 25.8. The fourth-order valence-electron chi connectivity index (χ4n) is 4.66. The van der Waals surface area contributed by atoms with Gasteiger partial charge in [0.05, 0.1) is 29.3 Å². The number of carbonyl (C=O) groups excluding carboxylic acids is 1. The van der Waals surface area contributed by atoms with Crippen LogP contribution in [0.15, 0.2) is 67.4 Å². The SMILES string of the molecule is O=C(Nc1cncc(-c2cnc3[nH]nc(-c4cc5c(-c6cc(O)cc(F)c6)cncc5[nH]4)c3c2)c1)C1CC1. The number of H-pyrrole nitrogens is 2. The maximum absolute atomic E-state index is 14.0. The summed E-state index contributed by atoms with van der Waals surface area (Å²) in [5, 5.41) is 21.9. The smallest absolute Gasteiger partial charge is 0.227 e. The van der Waals surface area contributed by atoms with Gasteiger partial charge >= 0.3 is 0 Å². The van der Waals surface area contributed by atoms with Gasteiger partial charge in [-0.05, 0) is 48.7 Å². The number of benzene rings is 1. The van der Waals surface area contributed by atoms with Crippen molar-refractivity contribution in [2.75, 3.05) is 5.32 Å². The lowest BCUT2D eigenvalue weighted by molar-refractivity contribution is -0.117. The molecule has 1 aromatic carbocycles. The van der Waals surface area contributed by atoms with Crippen LogP contribution in [0.25, 0.3) is 55.6 Å². The van der Waals surface area contributed by atoms with Gasteiger partial charge in [-0.2, -0.15) is 5.10 Å². The molecule has 4 N–H and O–H groups in total. The van der Waals surface area contributed by atoms with Gasteiger partial charge in [0, 0.05) is 58.0 Å². The second-order valence-electron chi connectivity index (χ2n) is 9.45. The molecule has 0 spiro atoms. The first kappa shape index (κ1) is 22.1. The fraction of sp³-hybridized carbons (Fsp3) is 0.107. The first-order chi connectivity index (χ1) is 18.5. The minimum Gasteiger partial charge on any atom is -0.508 e. The Kier molecular flexibility index (Phi) is 4.93. The molecule has 7 rings (SSSR count). The molecule has 1 saturated carbocycles. The predicted molar refractivity (Wildman–Crippen MR) is 141 cm³/mol. The summed E-state index contributed by atoms with van der Waals surface area (Å²) >= 11 is 0. The van der Waals surface area contributed by atoms with Gasteiger partial charge in [-0.3, -0.25) is 19.9 Å². The molecule has 0 bridgehead atoms. The molecule has 6 aromatic rings. The summed E-state index contributed by atoms with van der Waals surface area (Å²) < 4.78 is 14.0. The van der Waals surface area contributed by atoms with E-state index in [-0.39, 0.29) is 17.6 Å². The van der Waals surface area contributed by atoms with E-state index in [1.807, 2.05) is 18.2 Å². The van der Waals surface area contributed by atoms with E-state index in [0.717, 1.165) is 52.0 Å². The average Bonchev–Trinajstić information content (AvgIpc) is 3.54. The number of pyridine rings is 3. The van der Waals surface area contributed by atoms with Gasteiger partial charge in [0.1, 0.15) is 17.3 Å². The Morgan fingerprint density at radius 2 is 1.76 bits per heavy atom. The Bertz CT molecular complexity index is 1850. The monoisotopic (exact) mass is 505 g/mol. The van der Waals surface area contributed by atoms with Crippen molar-refractivity contribution in [3.05, 3.63) is 73.2 Å². The molecule has 0 atom stereocenters. The van der Waals surface area contributed by atoms with Crippen molar-refractivity contribution in [2.45, 2.75) is 12.8 Å². The van der Waals surface area contributed by atoms with Gasteiger partial charge in [-0.1, -0.05) is 0 Å². The third-order valence-corrected chi connectivity index (χ3v) is 6.70. The van der Waals surface area contributed by atoms with E-state index >= 15 is 0 Å². The number of aromatic amines is 2. The molecule has 186 valence electrons. The van der Waals surface area contributed by atoms with Crippen molar-refractivity contribution in [1.82, 2.24) is 30.1 Å². The number of rotatable bonds is 5. The topological polar surface area (TPSA) is 132 Å². The van der Waals surface area contributed by atoms with E-state index in [1.54, 1.807) is 31.0 Å². The molecule has 1 aliphatic carbocycles. The normalized spacial score (nSPS) is 13.3. The Morgan fingerprint density at radius 3 is 2.61 bits per heavy atom. The maximum atomic E-state index is 14.0. The minimum absolute atomic E-state index is 0.0239. The van der Waals surface area contributed by atoms with Crippen LogP contribution in [0.1, 0.15) is 12.8 Å². The standard InChI is InChI=1S/C28H20FN7O2/c29-18-3-15(5-20(37)7-18)23-12-31-13-25-21(23)8-24(34-25)26-22-6-17(10-32-27(22)36-35-26)16-4-19(11-30-9-16)33-28(38)14-1-2-14/h3-14,34,37H,1-2H2,(H,33,38)(H,32,35,36). The molecule has 0 unspecified atom stereocenters. The van der Waals surface area contributed by atoms with Gasteiger partial charge in [0.15, 0.2) is 5.65 Å². The Balaban J connectivity index is 1.29. The number of fused-ring (bicyclic) bond motifs is 2. The van der Waals surface area contributed by atoms with Gasteiger partial charge < -0.3 is 15.4 Å². The number of amides is 1. The number of anilines is 1. The number of carbonyl (C=O) groups is 1. The van der Waals surface area contributed by atoms with Crippen molar-refractivity contribution in [2.24, 2.45) is 5.92 Å². The molecule has 1 amide bonds. The van der Waals surface area contributed by atoms with E-state index < -0.39 is 5.82 Å². The lowest BCUT2D eigenvalue weighted by atomic mass is 10.0. The molecule has 9 nitrogen and oxygen atoms in total. The molecule has 0 radical (unpaired) electrons. The van der Waals surface area contributed by atoms with E-state index in [9.17, 15) is 14.3 Å². The van der Waals surface area contributed by atoms with Crippen LogP contribution < -0.4 is 5.32 Å². The fourth-order valence-corrected chi connectivity index (χ4v) is 4.66. The Morgan fingerprint density at radius 1 is 0.921 bits per heavy atom. The summed E-state index contributed by atoms with van der Waals surface area (Å²) in [6.45, 7) is 0. The largest absolute Gasteiger partial charge is 0.508 e. The highest BCUT2D eigenvalue weighted by molar-refractivity contribution is 6.01.